The topological polar surface area (TPSA) is 107 Å². The number of amides is 1. The van der Waals surface area contributed by atoms with Gasteiger partial charge in [0.15, 0.2) is 11.5 Å². The van der Waals surface area contributed by atoms with Crippen molar-refractivity contribution >= 4 is 5.91 Å². The van der Waals surface area contributed by atoms with Gasteiger partial charge in [-0.2, -0.15) is 4.98 Å². The van der Waals surface area contributed by atoms with Crippen LogP contribution in [0.15, 0.2) is 33.6 Å². The Morgan fingerprint density at radius 2 is 1.94 bits per heavy atom. The molecule has 1 aliphatic carbocycles. The third-order valence-electron chi connectivity index (χ3n) is 6.69. The number of aryl methyl sites for hydroxylation is 1. The first-order chi connectivity index (χ1) is 15.6. The molecule has 9 nitrogen and oxygen atoms in total. The maximum Gasteiger partial charge on any atom is 0.276 e. The van der Waals surface area contributed by atoms with Crippen LogP contribution in [0.3, 0.4) is 0 Å². The highest BCUT2D eigenvalue weighted by Gasteiger charge is 2.45. The number of hydrogen-bond donors (Lipinski definition) is 0. The second-order valence-electron chi connectivity index (χ2n) is 8.88. The molecule has 0 bridgehead atoms. The van der Waals surface area contributed by atoms with Gasteiger partial charge in [-0.1, -0.05) is 23.2 Å². The molecule has 1 aliphatic heterocycles. The molecule has 3 aromatic heterocycles. The number of carbonyl (C=O) groups excluding carboxylic acids is 1. The van der Waals surface area contributed by atoms with Crippen LogP contribution in [0.25, 0.3) is 11.5 Å². The minimum atomic E-state index is -0.179. The number of pyridine rings is 1. The molecular formula is C23H27N5O4. The van der Waals surface area contributed by atoms with E-state index in [2.05, 4.69) is 15.3 Å². The van der Waals surface area contributed by atoms with Gasteiger partial charge in [-0.3, -0.25) is 9.78 Å². The Kier molecular flexibility index (Phi) is 5.50. The number of piperidine rings is 1. The minimum Gasteiger partial charge on any atom is -0.380 e. The molecule has 168 valence electrons. The van der Waals surface area contributed by atoms with E-state index in [4.69, 9.17) is 18.8 Å². The van der Waals surface area contributed by atoms with Crippen molar-refractivity contribution in [3.63, 3.8) is 0 Å². The predicted octanol–water partition coefficient (Wildman–Crippen LogP) is 3.55. The zero-order valence-electron chi connectivity index (χ0n) is 18.4. The van der Waals surface area contributed by atoms with E-state index in [1.807, 2.05) is 17.0 Å². The van der Waals surface area contributed by atoms with Crippen molar-refractivity contribution < 1.29 is 18.6 Å². The molecule has 1 saturated heterocycles. The standard InChI is InChI=1S/C23H27N5O4/c1-15-18(14-30-2)19(26-31-15)21(29)28-11-7-23(8-12-28,13-16-3-4-16)22-25-20(32-27-22)17-5-9-24-10-6-17/h5-6,9-10,16H,3-4,7-8,11-14H2,1-2H3. The van der Waals surface area contributed by atoms with Crippen LogP contribution >= 0.6 is 0 Å². The van der Waals surface area contributed by atoms with Gasteiger partial charge in [0.2, 0.25) is 0 Å². The summed E-state index contributed by atoms with van der Waals surface area (Å²) < 4.78 is 16.1. The zero-order chi connectivity index (χ0) is 22.1. The maximum atomic E-state index is 13.2. The number of nitrogens with zero attached hydrogens (tertiary/aromatic N) is 5. The van der Waals surface area contributed by atoms with Crippen molar-refractivity contribution in [1.82, 2.24) is 25.2 Å². The quantitative estimate of drug-likeness (QED) is 0.552. The largest absolute Gasteiger partial charge is 0.380 e. The Morgan fingerprint density at radius 3 is 2.62 bits per heavy atom. The Morgan fingerprint density at radius 1 is 1.19 bits per heavy atom. The second-order valence-corrected chi connectivity index (χ2v) is 8.88. The average Bonchev–Trinajstić information content (AvgIpc) is 3.34. The van der Waals surface area contributed by atoms with Crippen LogP contribution in [-0.2, 0) is 16.8 Å². The predicted molar refractivity (Wildman–Crippen MR) is 114 cm³/mol. The average molecular weight is 438 g/mol. The third kappa shape index (κ3) is 3.92. The molecule has 2 fully saturated rings. The summed E-state index contributed by atoms with van der Waals surface area (Å²) in [6.07, 6.45) is 8.54. The number of methoxy groups -OCH3 is 1. The van der Waals surface area contributed by atoms with E-state index in [0.29, 0.717) is 48.5 Å². The van der Waals surface area contributed by atoms with Crippen molar-refractivity contribution in [2.45, 2.75) is 51.0 Å². The fraction of sp³-hybridized carbons (Fsp3) is 0.522. The lowest BCUT2D eigenvalue weighted by atomic mass is 9.73. The third-order valence-corrected chi connectivity index (χ3v) is 6.69. The van der Waals surface area contributed by atoms with Gasteiger partial charge in [0.1, 0.15) is 5.76 Å². The number of likely N-dealkylation sites (tertiary alicyclic amines) is 1. The molecule has 0 aromatic carbocycles. The van der Waals surface area contributed by atoms with Gasteiger partial charge in [-0.15, -0.1) is 0 Å². The molecule has 5 rings (SSSR count). The molecule has 9 heteroatoms. The lowest BCUT2D eigenvalue weighted by Crippen LogP contribution is -2.46. The van der Waals surface area contributed by atoms with E-state index in [9.17, 15) is 4.79 Å². The van der Waals surface area contributed by atoms with Gasteiger partial charge in [-0.25, -0.2) is 0 Å². The molecule has 4 heterocycles. The summed E-state index contributed by atoms with van der Waals surface area (Å²) >= 11 is 0. The molecule has 1 amide bonds. The van der Waals surface area contributed by atoms with Crippen LogP contribution in [0.5, 0.6) is 0 Å². The van der Waals surface area contributed by atoms with E-state index in [-0.39, 0.29) is 11.3 Å². The smallest absolute Gasteiger partial charge is 0.276 e. The van der Waals surface area contributed by atoms with Crippen LogP contribution in [-0.4, -0.2) is 51.3 Å². The van der Waals surface area contributed by atoms with Gasteiger partial charge < -0.3 is 18.7 Å². The van der Waals surface area contributed by atoms with E-state index in [1.165, 1.54) is 12.8 Å². The number of carbonyl (C=O) groups is 1. The monoisotopic (exact) mass is 437 g/mol. The Balaban J connectivity index is 1.35. The maximum absolute atomic E-state index is 13.2. The normalized spacial score (nSPS) is 18.1. The van der Waals surface area contributed by atoms with E-state index >= 15 is 0 Å². The Bertz CT molecular complexity index is 1080. The first-order valence-electron chi connectivity index (χ1n) is 11.1. The highest BCUT2D eigenvalue weighted by molar-refractivity contribution is 5.93. The van der Waals surface area contributed by atoms with Crippen molar-refractivity contribution in [3.8, 4) is 11.5 Å². The molecule has 0 radical (unpaired) electrons. The van der Waals surface area contributed by atoms with Gasteiger partial charge in [0.05, 0.1) is 12.2 Å². The highest BCUT2D eigenvalue weighted by Crippen LogP contribution is 2.47. The lowest BCUT2D eigenvalue weighted by molar-refractivity contribution is 0.0631. The lowest BCUT2D eigenvalue weighted by Gasteiger charge is -2.40. The minimum absolute atomic E-state index is 0.112. The van der Waals surface area contributed by atoms with Crippen molar-refractivity contribution in [3.05, 3.63) is 47.4 Å². The van der Waals surface area contributed by atoms with Gasteiger partial charge in [0.25, 0.3) is 11.8 Å². The molecule has 0 atom stereocenters. The number of rotatable bonds is 7. The summed E-state index contributed by atoms with van der Waals surface area (Å²) in [7, 11) is 1.60. The molecule has 3 aromatic rings. The van der Waals surface area contributed by atoms with Gasteiger partial charge >= 0.3 is 0 Å². The number of ether oxygens (including phenoxy) is 1. The fourth-order valence-corrected chi connectivity index (χ4v) is 4.61. The number of hydrogen-bond acceptors (Lipinski definition) is 8. The molecule has 0 N–H and O–H groups in total. The summed E-state index contributed by atoms with van der Waals surface area (Å²) in [6.45, 7) is 3.33. The summed E-state index contributed by atoms with van der Waals surface area (Å²) in [5.74, 6) is 2.47. The highest BCUT2D eigenvalue weighted by atomic mass is 16.5. The van der Waals surface area contributed by atoms with Crippen LogP contribution in [0.4, 0.5) is 0 Å². The van der Waals surface area contributed by atoms with Gasteiger partial charge in [-0.05, 0) is 44.2 Å². The van der Waals surface area contributed by atoms with Crippen LogP contribution in [0.2, 0.25) is 0 Å². The van der Waals surface area contributed by atoms with Crippen LogP contribution in [0, 0.1) is 12.8 Å². The van der Waals surface area contributed by atoms with Crippen molar-refractivity contribution in [2.75, 3.05) is 20.2 Å². The van der Waals surface area contributed by atoms with Crippen LogP contribution in [0.1, 0.15) is 59.7 Å². The van der Waals surface area contributed by atoms with Crippen molar-refractivity contribution in [2.24, 2.45) is 5.92 Å². The molecular weight excluding hydrogens is 410 g/mol. The van der Waals surface area contributed by atoms with Gasteiger partial charge in [0, 0.05) is 43.6 Å². The fourth-order valence-electron chi connectivity index (χ4n) is 4.61. The summed E-state index contributed by atoms with van der Waals surface area (Å²) in [6, 6.07) is 3.73. The number of aromatic nitrogens is 4. The first-order valence-corrected chi connectivity index (χ1v) is 11.1. The zero-order valence-corrected chi connectivity index (χ0v) is 18.4. The molecule has 0 spiro atoms. The van der Waals surface area contributed by atoms with E-state index < -0.39 is 0 Å². The molecule has 0 unspecified atom stereocenters. The summed E-state index contributed by atoms with van der Waals surface area (Å²) in [4.78, 5) is 23.8. The second kappa shape index (κ2) is 8.46. The van der Waals surface area contributed by atoms with Crippen molar-refractivity contribution in [1.29, 1.82) is 0 Å². The molecule has 32 heavy (non-hydrogen) atoms. The molecule has 2 aliphatic rings. The first kappa shape index (κ1) is 20.8. The van der Waals surface area contributed by atoms with Crippen LogP contribution < -0.4 is 0 Å². The summed E-state index contributed by atoms with van der Waals surface area (Å²) in [5, 5.41) is 8.39. The Hall–Kier alpha value is -3.07. The SMILES string of the molecule is COCc1c(C(=O)N2CCC(CC3CC3)(c3noc(-c4ccncc4)n3)CC2)noc1C. The van der Waals surface area contributed by atoms with E-state index in [0.717, 1.165) is 30.7 Å². The molecule has 1 saturated carbocycles. The summed E-state index contributed by atoms with van der Waals surface area (Å²) in [5.41, 5.74) is 1.74. The Labute approximate surface area is 186 Å². The van der Waals surface area contributed by atoms with E-state index in [1.54, 1.807) is 26.4 Å².